The molecule has 0 radical (unpaired) electrons. The molecule has 1 saturated heterocycles. The molecule has 0 bridgehead atoms. The Balaban J connectivity index is -0.000000168. The molecule has 45 heavy (non-hydrogen) atoms. The molecule has 1 atom stereocenters. The van der Waals surface area contributed by atoms with Crippen molar-refractivity contribution < 1.29 is 33.4 Å². The zero-order valence-corrected chi connectivity index (χ0v) is 31.3. The molecule has 1 heterocycles. The Morgan fingerprint density at radius 3 is 1.96 bits per heavy atom. The van der Waals surface area contributed by atoms with Crippen LogP contribution in [0.1, 0.15) is 114 Å². The largest absolute Gasteiger partial charge is 0.444 e. The number of hydrogen-bond acceptors (Lipinski definition) is 8. The van der Waals surface area contributed by atoms with Gasteiger partial charge >= 0.3 is 6.09 Å². The molecule has 0 aromatic heterocycles. The number of carbonyl (C=O) groups excluding carboxylic acids is 5. The Morgan fingerprint density at radius 1 is 0.978 bits per heavy atom. The summed E-state index contributed by atoms with van der Waals surface area (Å²) in [6, 6.07) is 0.280. The SMILES string of the molecule is C=CCNC(=O)C(=O)CNC=O.CC.CC1CCCN1C(=O)CNC(=O)OC(C)(C)C.CCC.CCCCCCCOC.CS. The molecule has 0 aromatic carbocycles. The van der Waals surface area contributed by atoms with Crippen molar-refractivity contribution in [3.8, 4) is 0 Å². The van der Waals surface area contributed by atoms with Gasteiger partial charge in [0.25, 0.3) is 5.91 Å². The van der Waals surface area contributed by atoms with E-state index in [9.17, 15) is 24.0 Å². The van der Waals surface area contributed by atoms with Crippen molar-refractivity contribution >= 4 is 42.7 Å². The lowest BCUT2D eigenvalue weighted by Crippen LogP contribution is -2.43. The number of Topliss-reactive ketones (excluding diaryl/α,β-unsaturated/α-hetero) is 1. The predicted molar refractivity (Wildman–Crippen MR) is 190 cm³/mol. The average Bonchev–Trinajstić information content (AvgIpc) is 3.45. The van der Waals surface area contributed by atoms with E-state index in [0.29, 0.717) is 6.41 Å². The normalized spacial score (nSPS) is 12.5. The summed E-state index contributed by atoms with van der Waals surface area (Å²) < 4.78 is 9.98. The van der Waals surface area contributed by atoms with Gasteiger partial charge < -0.3 is 30.3 Å². The number of ketones is 1. The highest BCUT2D eigenvalue weighted by Crippen LogP contribution is 2.16. The Bertz CT molecular complexity index is 704. The third-order valence-corrected chi connectivity index (χ3v) is 5.11. The Hall–Kier alpha value is -2.60. The summed E-state index contributed by atoms with van der Waals surface area (Å²) in [6.45, 7) is 22.9. The van der Waals surface area contributed by atoms with E-state index >= 15 is 0 Å². The molecule has 4 amide bonds. The molecular weight excluding hydrogens is 596 g/mol. The van der Waals surface area contributed by atoms with Crippen LogP contribution in [-0.2, 0) is 28.7 Å². The number of nitrogens with zero attached hydrogens (tertiary/aromatic N) is 1. The van der Waals surface area contributed by atoms with E-state index in [-0.39, 0.29) is 31.6 Å². The van der Waals surface area contributed by atoms with E-state index in [1.807, 2.05) is 20.8 Å². The smallest absolute Gasteiger partial charge is 0.408 e. The van der Waals surface area contributed by atoms with E-state index in [1.165, 1.54) is 44.6 Å². The minimum Gasteiger partial charge on any atom is -0.444 e. The molecule has 12 heteroatoms. The first-order valence-electron chi connectivity index (χ1n) is 16.1. The molecule has 1 unspecified atom stereocenters. The van der Waals surface area contributed by atoms with Crippen molar-refractivity contribution in [3.63, 3.8) is 0 Å². The van der Waals surface area contributed by atoms with Gasteiger partial charge in [0, 0.05) is 32.8 Å². The summed E-state index contributed by atoms with van der Waals surface area (Å²) in [5.41, 5.74) is -0.534. The average molecular weight is 665 g/mol. The van der Waals surface area contributed by atoms with Gasteiger partial charge in [0.1, 0.15) is 12.1 Å². The fraction of sp³-hybridized carbons (Fsp3) is 0.788. The topological polar surface area (TPSA) is 143 Å². The van der Waals surface area contributed by atoms with Gasteiger partial charge in [-0.2, -0.15) is 12.6 Å². The zero-order valence-electron chi connectivity index (χ0n) is 30.4. The van der Waals surface area contributed by atoms with Crippen molar-refractivity contribution in [1.29, 1.82) is 0 Å². The number of amides is 4. The van der Waals surface area contributed by atoms with Crippen molar-refractivity contribution in [2.75, 3.05) is 46.2 Å². The lowest BCUT2D eigenvalue weighted by atomic mass is 10.2. The van der Waals surface area contributed by atoms with Crippen LogP contribution in [0.25, 0.3) is 0 Å². The Kier molecular flexibility index (Phi) is 45.5. The molecule has 1 fully saturated rings. The highest BCUT2D eigenvalue weighted by molar-refractivity contribution is 7.79. The summed E-state index contributed by atoms with van der Waals surface area (Å²) >= 11 is 3.53. The van der Waals surface area contributed by atoms with E-state index in [4.69, 9.17) is 9.47 Å². The highest BCUT2D eigenvalue weighted by atomic mass is 32.1. The lowest BCUT2D eigenvalue weighted by Gasteiger charge is -2.23. The quantitative estimate of drug-likeness (QED) is 0.0612. The van der Waals surface area contributed by atoms with Crippen molar-refractivity contribution in [1.82, 2.24) is 20.9 Å². The molecule has 0 saturated carbocycles. The first kappa shape index (κ1) is 52.0. The number of likely N-dealkylation sites (tertiary alicyclic amines) is 1. The van der Waals surface area contributed by atoms with Crippen LogP contribution in [0, 0.1) is 0 Å². The van der Waals surface area contributed by atoms with Crippen molar-refractivity contribution in [3.05, 3.63) is 12.7 Å². The highest BCUT2D eigenvalue weighted by Gasteiger charge is 2.25. The third kappa shape index (κ3) is 41.4. The molecule has 1 aliphatic rings. The number of carbonyl (C=O) groups is 5. The number of rotatable bonds is 14. The standard InChI is InChI=1S/C12H22N2O3.C8H18O.C7H10N2O3.C3H8.C2H6.CH4S/c1-9-6-5-7-14(9)10(15)8-13-11(16)17-12(2,3)4;1-3-4-5-6-7-8-9-2;1-2-3-9-7(12)6(11)4-8-5-10;1-3-2;2*1-2/h9H,5-8H2,1-4H3,(H,13,16);3-8H2,1-2H3;2,5H,1,3-4H2,(H,8,10)(H,9,12);3H2,1-2H3;1-2H3;2H,1H3. The summed E-state index contributed by atoms with van der Waals surface area (Å²) in [4.78, 5) is 56.2. The second kappa shape index (κ2) is 39.4. The maximum absolute atomic E-state index is 11.8. The van der Waals surface area contributed by atoms with Crippen molar-refractivity contribution in [2.24, 2.45) is 0 Å². The van der Waals surface area contributed by atoms with Gasteiger partial charge in [-0.15, -0.1) is 6.58 Å². The molecule has 1 aliphatic heterocycles. The van der Waals surface area contributed by atoms with Crippen LogP contribution >= 0.6 is 12.6 Å². The fourth-order valence-electron chi connectivity index (χ4n) is 3.20. The van der Waals surface area contributed by atoms with Gasteiger partial charge in [0.15, 0.2) is 0 Å². The number of nitrogens with one attached hydrogen (secondary N) is 3. The van der Waals surface area contributed by atoms with Gasteiger partial charge in [-0.1, -0.05) is 72.8 Å². The van der Waals surface area contributed by atoms with Crippen LogP contribution in [-0.4, -0.2) is 92.8 Å². The number of hydrogen-bond donors (Lipinski definition) is 4. The molecule has 268 valence electrons. The lowest BCUT2D eigenvalue weighted by molar-refractivity contribution is -0.137. The summed E-state index contributed by atoms with van der Waals surface area (Å²) in [5.74, 6) is -1.44. The summed E-state index contributed by atoms with van der Waals surface area (Å²) in [6.07, 6.45) is 12.9. The van der Waals surface area contributed by atoms with Gasteiger partial charge in [0.05, 0.1) is 6.54 Å². The monoisotopic (exact) mass is 664 g/mol. The minimum absolute atomic E-state index is 0.0131. The molecular formula is C33H68N4O7S. The summed E-state index contributed by atoms with van der Waals surface area (Å²) in [5, 5.41) is 6.85. The van der Waals surface area contributed by atoms with Gasteiger partial charge in [0.2, 0.25) is 18.1 Å². The van der Waals surface area contributed by atoms with Crippen LogP contribution in [0.2, 0.25) is 0 Å². The van der Waals surface area contributed by atoms with Crippen LogP contribution < -0.4 is 16.0 Å². The molecule has 3 N–H and O–H groups in total. The maximum atomic E-state index is 11.8. The molecule has 1 rings (SSSR count). The first-order valence-corrected chi connectivity index (χ1v) is 17.0. The van der Waals surface area contributed by atoms with Gasteiger partial charge in [-0.25, -0.2) is 4.79 Å². The van der Waals surface area contributed by atoms with E-state index < -0.39 is 23.4 Å². The number of alkyl carbamates (subject to hydrolysis) is 1. The van der Waals surface area contributed by atoms with Crippen LogP contribution in [0.4, 0.5) is 4.79 Å². The van der Waals surface area contributed by atoms with Gasteiger partial charge in [-0.3, -0.25) is 19.2 Å². The molecule has 0 spiro atoms. The molecule has 0 aromatic rings. The first-order chi connectivity index (χ1) is 21.3. The van der Waals surface area contributed by atoms with Crippen molar-refractivity contribution in [2.45, 2.75) is 125 Å². The van der Waals surface area contributed by atoms with E-state index in [0.717, 1.165) is 26.0 Å². The number of thiol groups is 1. The molecule has 0 aliphatic carbocycles. The summed E-state index contributed by atoms with van der Waals surface area (Å²) in [7, 11) is 1.76. The van der Waals surface area contributed by atoms with E-state index in [1.54, 1.807) is 39.0 Å². The zero-order chi connectivity index (χ0) is 36.1. The minimum atomic E-state index is -0.718. The van der Waals surface area contributed by atoms with Crippen LogP contribution in [0.15, 0.2) is 12.7 Å². The second-order valence-electron chi connectivity index (χ2n) is 10.5. The van der Waals surface area contributed by atoms with E-state index in [2.05, 4.69) is 55.9 Å². The van der Waals surface area contributed by atoms with Crippen LogP contribution in [0.3, 0.4) is 0 Å². The second-order valence-corrected chi connectivity index (χ2v) is 10.5. The number of methoxy groups -OCH3 is 1. The maximum Gasteiger partial charge on any atom is 0.408 e. The Labute approximate surface area is 280 Å². The van der Waals surface area contributed by atoms with Gasteiger partial charge in [-0.05, 0) is 53.2 Å². The Morgan fingerprint density at radius 2 is 1.53 bits per heavy atom. The predicted octanol–water partition coefficient (Wildman–Crippen LogP) is 5.72. The van der Waals surface area contributed by atoms with Crippen LogP contribution in [0.5, 0.6) is 0 Å². The number of unbranched alkanes of at least 4 members (excludes halogenated alkanes) is 4. The molecule has 11 nitrogen and oxygen atoms in total. The fourth-order valence-corrected chi connectivity index (χ4v) is 3.20. The number of ether oxygens (including phenoxy) is 2. The third-order valence-electron chi connectivity index (χ3n) is 5.11.